The van der Waals surface area contributed by atoms with Crippen LogP contribution in [0, 0.1) is 6.92 Å². The van der Waals surface area contributed by atoms with E-state index in [0.29, 0.717) is 5.69 Å². The normalized spacial score (nSPS) is 9.69. The van der Waals surface area contributed by atoms with Crippen molar-refractivity contribution in [3.8, 4) is 0 Å². The van der Waals surface area contributed by atoms with E-state index >= 15 is 0 Å². The first-order valence-electron chi connectivity index (χ1n) is 4.83. The molecule has 1 aromatic heterocycles. The van der Waals surface area contributed by atoms with Gasteiger partial charge in [-0.25, -0.2) is 14.6 Å². The first-order chi connectivity index (χ1) is 7.60. The molecule has 0 aliphatic heterocycles. The van der Waals surface area contributed by atoms with Crippen LogP contribution >= 0.6 is 0 Å². The summed E-state index contributed by atoms with van der Waals surface area (Å²) in [4.78, 5) is 26.9. The molecule has 0 spiro atoms. The third-order valence-corrected chi connectivity index (χ3v) is 1.91. The topological polar surface area (TPSA) is 65.5 Å². The van der Waals surface area contributed by atoms with Crippen molar-refractivity contribution in [2.45, 2.75) is 13.8 Å². The Kier molecular flexibility index (Phi) is 3.99. The molecule has 0 saturated carbocycles. The maximum atomic E-state index is 11.5. The van der Waals surface area contributed by atoms with Crippen molar-refractivity contribution in [3.63, 3.8) is 0 Å². The first kappa shape index (κ1) is 12.2. The summed E-state index contributed by atoms with van der Waals surface area (Å²) in [6, 6.07) is 3.14. The molecule has 0 bridgehead atoms. The number of ether oxygens (including phenoxy) is 2. The summed E-state index contributed by atoms with van der Waals surface area (Å²) < 4.78 is 9.37. The van der Waals surface area contributed by atoms with Crippen molar-refractivity contribution >= 4 is 11.9 Å². The summed E-state index contributed by atoms with van der Waals surface area (Å²) in [7, 11) is 1.24. The van der Waals surface area contributed by atoms with Crippen LogP contribution in [0.5, 0.6) is 0 Å². The quantitative estimate of drug-likeness (QED) is 0.724. The van der Waals surface area contributed by atoms with Crippen molar-refractivity contribution in [2.75, 3.05) is 13.7 Å². The van der Waals surface area contributed by atoms with Gasteiger partial charge in [0.2, 0.25) is 0 Å². The van der Waals surface area contributed by atoms with E-state index in [1.54, 1.807) is 19.9 Å². The van der Waals surface area contributed by atoms with Crippen LogP contribution in [0.15, 0.2) is 12.1 Å². The van der Waals surface area contributed by atoms with E-state index in [9.17, 15) is 9.59 Å². The fourth-order valence-corrected chi connectivity index (χ4v) is 1.18. The molecular weight excluding hydrogens is 210 g/mol. The van der Waals surface area contributed by atoms with Gasteiger partial charge in [-0.2, -0.15) is 0 Å². The number of rotatable bonds is 3. The highest BCUT2D eigenvalue weighted by Gasteiger charge is 2.20. The highest BCUT2D eigenvalue weighted by Crippen LogP contribution is 2.10. The van der Waals surface area contributed by atoms with Crippen molar-refractivity contribution < 1.29 is 19.1 Å². The highest BCUT2D eigenvalue weighted by molar-refractivity contribution is 6.01. The average Bonchev–Trinajstić information content (AvgIpc) is 2.28. The highest BCUT2D eigenvalue weighted by atomic mass is 16.5. The second-order valence-corrected chi connectivity index (χ2v) is 3.06. The largest absolute Gasteiger partial charge is 0.464 e. The molecule has 1 aromatic rings. The summed E-state index contributed by atoms with van der Waals surface area (Å²) in [6.45, 7) is 3.66. The number of methoxy groups -OCH3 is 1. The SMILES string of the molecule is CCOC(=O)c1ccc(C)nc1C(=O)OC. The minimum absolute atomic E-state index is 0.0130. The van der Waals surface area contributed by atoms with Gasteiger partial charge in [-0.15, -0.1) is 0 Å². The molecule has 0 amide bonds. The average molecular weight is 223 g/mol. The molecule has 1 rings (SSSR count). The fourth-order valence-electron chi connectivity index (χ4n) is 1.18. The fraction of sp³-hybridized carbons (Fsp3) is 0.364. The summed E-state index contributed by atoms with van der Waals surface area (Å²) in [6.07, 6.45) is 0. The van der Waals surface area contributed by atoms with Crippen LogP contribution in [0.2, 0.25) is 0 Å². The second kappa shape index (κ2) is 5.25. The Bertz CT molecular complexity index is 414. The Labute approximate surface area is 93.4 Å². The number of hydrogen-bond donors (Lipinski definition) is 0. The third-order valence-electron chi connectivity index (χ3n) is 1.91. The van der Waals surface area contributed by atoms with Gasteiger partial charge in [0.05, 0.1) is 19.3 Å². The predicted octanol–water partition coefficient (Wildman–Crippen LogP) is 1.35. The van der Waals surface area contributed by atoms with Crippen LogP contribution in [0.25, 0.3) is 0 Å². The van der Waals surface area contributed by atoms with E-state index in [2.05, 4.69) is 9.72 Å². The number of aromatic nitrogens is 1. The van der Waals surface area contributed by atoms with Crippen molar-refractivity contribution in [3.05, 3.63) is 29.1 Å². The molecular formula is C11H13NO4. The summed E-state index contributed by atoms with van der Waals surface area (Å²) in [5.74, 6) is -1.22. The maximum absolute atomic E-state index is 11.5. The Hall–Kier alpha value is -1.91. The molecule has 0 aliphatic rings. The van der Waals surface area contributed by atoms with Gasteiger partial charge in [0.15, 0.2) is 5.69 Å². The molecule has 0 N–H and O–H groups in total. The summed E-state index contributed by atoms with van der Waals surface area (Å²) in [5, 5.41) is 0. The van der Waals surface area contributed by atoms with E-state index in [4.69, 9.17) is 4.74 Å². The molecule has 0 aromatic carbocycles. The molecule has 0 aliphatic carbocycles. The number of nitrogens with zero attached hydrogens (tertiary/aromatic N) is 1. The summed E-state index contributed by atoms with van der Waals surface area (Å²) in [5.41, 5.74) is 0.744. The first-order valence-corrected chi connectivity index (χ1v) is 4.83. The van der Waals surface area contributed by atoms with Crippen LogP contribution in [0.1, 0.15) is 33.5 Å². The number of carbonyl (C=O) groups excluding carboxylic acids is 2. The Morgan fingerprint density at radius 2 is 2.00 bits per heavy atom. The number of pyridine rings is 1. The number of esters is 2. The van der Waals surface area contributed by atoms with Gasteiger partial charge < -0.3 is 9.47 Å². The van der Waals surface area contributed by atoms with E-state index in [-0.39, 0.29) is 17.9 Å². The van der Waals surface area contributed by atoms with Gasteiger partial charge in [-0.3, -0.25) is 0 Å². The van der Waals surface area contributed by atoms with Crippen molar-refractivity contribution in [1.29, 1.82) is 0 Å². The van der Waals surface area contributed by atoms with Crippen LogP contribution < -0.4 is 0 Å². The predicted molar refractivity (Wildman–Crippen MR) is 56.3 cm³/mol. The molecule has 86 valence electrons. The number of aryl methyl sites for hydroxylation is 1. The maximum Gasteiger partial charge on any atom is 0.357 e. The zero-order valence-electron chi connectivity index (χ0n) is 9.44. The van der Waals surface area contributed by atoms with E-state index < -0.39 is 11.9 Å². The van der Waals surface area contributed by atoms with E-state index in [1.165, 1.54) is 13.2 Å². The number of hydrogen-bond acceptors (Lipinski definition) is 5. The Balaban J connectivity index is 3.17. The molecule has 1 heterocycles. The Morgan fingerprint density at radius 1 is 1.31 bits per heavy atom. The second-order valence-electron chi connectivity index (χ2n) is 3.06. The smallest absolute Gasteiger partial charge is 0.357 e. The van der Waals surface area contributed by atoms with E-state index in [0.717, 1.165) is 0 Å². The molecule has 0 atom stereocenters. The minimum Gasteiger partial charge on any atom is -0.464 e. The monoisotopic (exact) mass is 223 g/mol. The lowest BCUT2D eigenvalue weighted by atomic mass is 10.1. The molecule has 16 heavy (non-hydrogen) atoms. The van der Waals surface area contributed by atoms with Gasteiger partial charge in [0.1, 0.15) is 0 Å². The lowest BCUT2D eigenvalue weighted by molar-refractivity contribution is 0.0501. The lowest BCUT2D eigenvalue weighted by Crippen LogP contribution is -2.15. The van der Waals surface area contributed by atoms with Crippen molar-refractivity contribution in [1.82, 2.24) is 4.98 Å². The molecule has 0 saturated heterocycles. The zero-order valence-corrected chi connectivity index (χ0v) is 9.44. The van der Waals surface area contributed by atoms with Gasteiger partial charge >= 0.3 is 11.9 Å². The zero-order chi connectivity index (χ0) is 12.1. The molecule has 0 fully saturated rings. The molecule has 0 unspecified atom stereocenters. The minimum atomic E-state index is -0.647. The van der Waals surface area contributed by atoms with Gasteiger partial charge in [0.25, 0.3) is 0 Å². The van der Waals surface area contributed by atoms with E-state index in [1.807, 2.05) is 0 Å². The third kappa shape index (κ3) is 2.56. The summed E-state index contributed by atoms with van der Waals surface area (Å²) >= 11 is 0. The van der Waals surface area contributed by atoms with Crippen LogP contribution in [0.4, 0.5) is 0 Å². The standard InChI is InChI=1S/C11H13NO4/c1-4-16-10(13)8-6-5-7(2)12-9(8)11(14)15-3/h5-6H,4H2,1-3H3. The van der Waals surface area contributed by atoms with Gasteiger partial charge in [-0.1, -0.05) is 0 Å². The van der Waals surface area contributed by atoms with Crippen molar-refractivity contribution in [2.24, 2.45) is 0 Å². The van der Waals surface area contributed by atoms with Crippen LogP contribution in [-0.2, 0) is 9.47 Å². The molecule has 0 radical (unpaired) electrons. The number of carbonyl (C=O) groups is 2. The van der Waals surface area contributed by atoms with Crippen LogP contribution in [0.3, 0.4) is 0 Å². The van der Waals surface area contributed by atoms with Gasteiger partial charge in [-0.05, 0) is 26.0 Å². The lowest BCUT2D eigenvalue weighted by Gasteiger charge is -2.06. The van der Waals surface area contributed by atoms with Gasteiger partial charge in [0, 0.05) is 5.69 Å². The Morgan fingerprint density at radius 3 is 2.56 bits per heavy atom. The van der Waals surface area contributed by atoms with Crippen LogP contribution in [-0.4, -0.2) is 30.6 Å². The molecule has 5 heteroatoms. The molecule has 5 nitrogen and oxygen atoms in total.